The van der Waals surface area contributed by atoms with Crippen molar-refractivity contribution >= 4 is 27.4 Å². The van der Waals surface area contributed by atoms with E-state index < -0.39 is 10.0 Å². The lowest BCUT2D eigenvalue weighted by molar-refractivity contribution is 0.251. The summed E-state index contributed by atoms with van der Waals surface area (Å²) in [6, 6.07) is 16.2. The van der Waals surface area contributed by atoms with Crippen LogP contribution in [0.4, 0.5) is 16.2 Å². The van der Waals surface area contributed by atoms with Crippen LogP contribution in [0.2, 0.25) is 0 Å². The first kappa shape index (κ1) is 17.3. The van der Waals surface area contributed by atoms with Gasteiger partial charge in [-0.25, -0.2) is 13.2 Å². The van der Waals surface area contributed by atoms with E-state index in [0.29, 0.717) is 30.9 Å². The van der Waals surface area contributed by atoms with Crippen LogP contribution >= 0.6 is 0 Å². The van der Waals surface area contributed by atoms with Crippen LogP contribution in [0.3, 0.4) is 0 Å². The Labute approximate surface area is 147 Å². The number of nitrogens with zero attached hydrogens (tertiary/aromatic N) is 1. The van der Waals surface area contributed by atoms with Gasteiger partial charge in [-0.3, -0.25) is 4.31 Å². The molecule has 1 heterocycles. The van der Waals surface area contributed by atoms with Gasteiger partial charge >= 0.3 is 6.03 Å². The van der Waals surface area contributed by atoms with Gasteiger partial charge in [0.05, 0.1) is 11.4 Å². The summed E-state index contributed by atoms with van der Waals surface area (Å²) in [5.41, 5.74) is 2.27. The second kappa shape index (κ2) is 7.57. The van der Waals surface area contributed by atoms with E-state index in [1.807, 2.05) is 30.3 Å². The van der Waals surface area contributed by atoms with Crippen molar-refractivity contribution < 1.29 is 13.2 Å². The van der Waals surface area contributed by atoms with Gasteiger partial charge < -0.3 is 10.6 Å². The summed E-state index contributed by atoms with van der Waals surface area (Å²) < 4.78 is 25.7. The largest absolute Gasteiger partial charge is 0.334 e. The normalized spacial score (nSPS) is 16.2. The molecular weight excluding hydrogens is 338 g/mol. The maximum absolute atomic E-state index is 12.1. The summed E-state index contributed by atoms with van der Waals surface area (Å²) in [5.74, 6) is 0.189. The van der Waals surface area contributed by atoms with Crippen LogP contribution in [0.1, 0.15) is 18.4 Å². The van der Waals surface area contributed by atoms with E-state index in [-0.39, 0.29) is 11.8 Å². The summed E-state index contributed by atoms with van der Waals surface area (Å²) >= 11 is 0. The molecule has 1 saturated heterocycles. The highest BCUT2D eigenvalue weighted by Gasteiger charge is 2.25. The van der Waals surface area contributed by atoms with Gasteiger partial charge in [0.25, 0.3) is 0 Å². The number of urea groups is 1. The van der Waals surface area contributed by atoms with Crippen molar-refractivity contribution in [3.63, 3.8) is 0 Å². The molecule has 0 aliphatic carbocycles. The Morgan fingerprint density at radius 1 is 1.00 bits per heavy atom. The van der Waals surface area contributed by atoms with E-state index in [9.17, 15) is 13.2 Å². The molecule has 2 aromatic carbocycles. The zero-order chi connectivity index (χ0) is 17.7. The number of hydrogen-bond donors (Lipinski definition) is 2. The van der Waals surface area contributed by atoms with Crippen molar-refractivity contribution in [2.24, 2.45) is 0 Å². The SMILES string of the molecule is O=C(NCc1ccccc1)Nc1ccc(N2CCCCS2(=O)=O)cc1. The molecule has 1 aliphatic heterocycles. The molecule has 0 bridgehead atoms. The minimum absolute atomic E-state index is 0.189. The van der Waals surface area contributed by atoms with E-state index in [1.165, 1.54) is 4.31 Å². The number of anilines is 2. The van der Waals surface area contributed by atoms with E-state index in [4.69, 9.17) is 0 Å². The number of benzene rings is 2. The third-order valence-corrected chi connectivity index (χ3v) is 5.93. The zero-order valence-electron chi connectivity index (χ0n) is 13.8. The van der Waals surface area contributed by atoms with Crippen molar-refractivity contribution in [2.45, 2.75) is 19.4 Å². The standard InChI is InChI=1S/C18H21N3O3S/c22-18(19-14-15-6-2-1-3-7-15)20-16-8-10-17(11-9-16)21-12-4-5-13-25(21,23)24/h1-3,6-11H,4-5,12-14H2,(H2,19,20,22). The summed E-state index contributed by atoms with van der Waals surface area (Å²) in [7, 11) is -3.22. The molecule has 6 nitrogen and oxygen atoms in total. The highest BCUT2D eigenvalue weighted by Crippen LogP contribution is 2.24. The fourth-order valence-electron chi connectivity index (χ4n) is 2.74. The lowest BCUT2D eigenvalue weighted by Crippen LogP contribution is -2.37. The smallest absolute Gasteiger partial charge is 0.319 e. The molecule has 2 amide bonds. The molecule has 2 N–H and O–H groups in total. The van der Waals surface area contributed by atoms with Crippen molar-refractivity contribution in [1.29, 1.82) is 0 Å². The molecule has 3 rings (SSSR count). The van der Waals surface area contributed by atoms with E-state index in [0.717, 1.165) is 12.0 Å². The maximum Gasteiger partial charge on any atom is 0.319 e. The summed E-state index contributed by atoms with van der Waals surface area (Å²) in [4.78, 5) is 11.9. The van der Waals surface area contributed by atoms with Crippen molar-refractivity contribution in [2.75, 3.05) is 21.9 Å². The van der Waals surface area contributed by atoms with Crippen LogP contribution in [-0.4, -0.2) is 26.7 Å². The number of nitrogens with one attached hydrogen (secondary N) is 2. The fraction of sp³-hybridized carbons (Fsp3) is 0.278. The molecule has 0 spiro atoms. The van der Waals surface area contributed by atoms with E-state index >= 15 is 0 Å². The van der Waals surface area contributed by atoms with Gasteiger partial charge in [0, 0.05) is 18.8 Å². The molecule has 0 saturated carbocycles. The molecule has 25 heavy (non-hydrogen) atoms. The third kappa shape index (κ3) is 4.51. The highest BCUT2D eigenvalue weighted by molar-refractivity contribution is 7.92. The molecule has 132 valence electrons. The first-order chi connectivity index (χ1) is 12.0. The first-order valence-corrected chi connectivity index (χ1v) is 9.85. The highest BCUT2D eigenvalue weighted by atomic mass is 32.2. The Bertz CT molecular complexity index is 820. The Kier molecular flexibility index (Phi) is 5.23. The molecule has 2 aromatic rings. The second-order valence-electron chi connectivity index (χ2n) is 5.94. The van der Waals surface area contributed by atoms with Crippen molar-refractivity contribution in [3.8, 4) is 0 Å². The Morgan fingerprint density at radius 3 is 2.40 bits per heavy atom. The van der Waals surface area contributed by atoms with Crippen LogP contribution in [0.25, 0.3) is 0 Å². The van der Waals surface area contributed by atoms with Gasteiger partial charge in [-0.2, -0.15) is 0 Å². The van der Waals surface area contributed by atoms with Gasteiger partial charge in [-0.05, 0) is 42.7 Å². The van der Waals surface area contributed by atoms with Crippen LogP contribution in [-0.2, 0) is 16.6 Å². The summed E-state index contributed by atoms with van der Waals surface area (Å²) in [6.07, 6.45) is 1.57. The number of rotatable bonds is 4. The summed E-state index contributed by atoms with van der Waals surface area (Å²) in [5, 5.41) is 5.53. The molecule has 1 aliphatic rings. The lowest BCUT2D eigenvalue weighted by atomic mass is 10.2. The molecule has 0 aromatic heterocycles. The van der Waals surface area contributed by atoms with Crippen molar-refractivity contribution in [1.82, 2.24) is 5.32 Å². The molecule has 0 radical (unpaired) electrons. The van der Waals surface area contributed by atoms with Gasteiger partial charge in [0.1, 0.15) is 0 Å². The number of hydrogen-bond acceptors (Lipinski definition) is 3. The lowest BCUT2D eigenvalue weighted by Gasteiger charge is -2.28. The quantitative estimate of drug-likeness (QED) is 0.881. The van der Waals surface area contributed by atoms with Crippen LogP contribution in [0, 0.1) is 0 Å². The second-order valence-corrected chi connectivity index (χ2v) is 7.95. The Hall–Kier alpha value is -2.54. The number of amides is 2. The van der Waals surface area contributed by atoms with Gasteiger partial charge in [-0.1, -0.05) is 30.3 Å². The summed E-state index contributed by atoms with van der Waals surface area (Å²) in [6.45, 7) is 0.948. The van der Waals surface area contributed by atoms with Crippen molar-refractivity contribution in [3.05, 3.63) is 60.2 Å². The van der Waals surface area contributed by atoms with Crippen LogP contribution in [0.5, 0.6) is 0 Å². The maximum atomic E-state index is 12.1. The topological polar surface area (TPSA) is 78.5 Å². The van der Waals surface area contributed by atoms with E-state index in [1.54, 1.807) is 24.3 Å². The monoisotopic (exact) mass is 359 g/mol. The predicted octanol–water partition coefficient (Wildman–Crippen LogP) is 2.94. The van der Waals surface area contributed by atoms with Crippen LogP contribution in [0.15, 0.2) is 54.6 Å². The minimum Gasteiger partial charge on any atom is -0.334 e. The Balaban J connectivity index is 1.58. The Morgan fingerprint density at radius 2 is 1.72 bits per heavy atom. The van der Waals surface area contributed by atoms with Gasteiger partial charge in [-0.15, -0.1) is 0 Å². The fourth-order valence-corrected chi connectivity index (χ4v) is 4.38. The zero-order valence-corrected chi connectivity index (χ0v) is 14.6. The molecule has 7 heteroatoms. The van der Waals surface area contributed by atoms with Gasteiger partial charge in [0.2, 0.25) is 10.0 Å². The minimum atomic E-state index is -3.22. The van der Waals surface area contributed by atoms with Gasteiger partial charge in [0.15, 0.2) is 0 Å². The first-order valence-electron chi connectivity index (χ1n) is 8.24. The molecule has 0 unspecified atom stereocenters. The van der Waals surface area contributed by atoms with E-state index in [2.05, 4.69) is 10.6 Å². The van der Waals surface area contributed by atoms with Crippen LogP contribution < -0.4 is 14.9 Å². The average Bonchev–Trinajstić information content (AvgIpc) is 2.61. The third-order valence-electron chi connectivity index (χ3n) is 4.06. The molecular formula is C18H21N3O3S. The number of sulfonamides is 1. The average molecular weight is 359 g/mol. The predicted molar refractivity (Wildman–Crippen MR) is 99.1 cm³/mol. The molecule has 0 atom stereocenters. The molecule has 1 fully saturated rings. The number of carbonyl (C=O) groups is 1. The number of carbonyl (C=O) groups excluding carboxylic acids is 1.